The Kier molecular flexibility index (Phi) is 6.64. The number of likely N-dealkylation sites (N-methyl/N-ethyl adjacent to an activating group) is 1. The number of rotatable bonds is 4. The van der Waals surface area contributed by atoms with Crippen molar-refractivity contribution in [2.24, 2.45) is 9.98 Å². The van der Waals surface area contributed by atoms with Crippen molar-refractivity contribution in [1.82, 2.24) is 31.3 Å². The van der Waals surface area contributed by atoms with E-state index in [1.165, 1.54) is 12.0 Å². The van der Waals surface area contributed by atoms with Gasteiger partial charge in [0.05, 0.1) is 6.17 Å². The van der Waals surface area contributed by atoms with Crippen LogP contribution in [0.15, 0.2) is 45.9 Å². The number of piperazine rings is 1. The Labute approximate surface area is 189 Å². The van der Waals surface area contributed by atoms with E-state index in [1.54, 1.807) is 0 Å². The molecule has 4 unspecified atom stereocenters. The van der Waals surface area contributed by atoms with Crippen molar-refractivity contribution in [3.05, 3.63) is 36.0 Å². The van der Waals surface area contributed by atoms with E-state index in [0.29, 0.717) is 11.3 Å². The zero-order valence-corrected chi connectivity index (χ0v) is 19.1. The number of hydrogen-bond acceptors (Lipinski definition) is 9. The Balaban J connectivity index is 1.24. The number of guanidine groups is 2. The molecule has 0 bridgehead atoms. The molecule has 2 aliphatic carbocycles. The van der Waals surface area contributed by atoms with E-state index in [4.69, 9.17) is 9.98 Å². The first-order chi connectivity index (χ1) is 15.2. The molecular formula is C22H34N8S. The van der Waals surface area contributed by atoms with Crippen LogP contribution in [0.4, 0.5) is 0 Å². The van der Waals surface area contributed by atoms with E-state index in [2.05, 4.69) is 68.7 Å². The summed E-state index contributed by atoms with van der Waals surface area (Å²) in [6.45, 7) is 4.10. The van der Waals surface area contributed by atoms with E-state index >= 15 is 0 Å². The number of aliphatic imine (C=N–C) groups is 2. The number of nitrogens with zero attached hydrogens (tertiary/aromatic N) is 4. The van der Waals surface area contributed by atoms with E-state index in [9.17, 15) is 0 Å². The lowest BCUT2D eigenvalue weighted by atomic mass is 10.0. The van der Waals surface area contributed by atoms with Crippen LogP contribution in [-0.4, -0.2) is 77.9 Å². The summed E-state index contributed by atoms with van der Waals surface area (Å²) in [6.07, 6.45) is 16.8. The van der Waals surface area contributed by atoms with Gasteiger partial charge in [0.2, 0.25) is 11.9 Å². The highest BCUT2D eigenvalue weighted by Crippen LogP contribution is 2.30. The minimum atomic E-state index is -0.0956. The highest BCUT2D eigenvalue weighted by atomic mass is 32.2. The standard InChI is InChI=1S/C22H34N8S/c1-29-11-13-30(14-12-29)21-24-20(25-22(26-21)31-17-9-3-2-4-10-17)23-19-15-18(27-28-19)16-7-5-6-8-16/h2-3,5-7,17-19,22,27-28H,4,8-15H2,1H3,(H2,23,24,25,26). The van der Waals surface area contributed by atoms with E-state index in [0.717, 1.165) is 63.8 Å². The first kappa shape index (κ1) is 21.1. The van der Waals surface area contributed by atoms with E-state index in [1.807, 2.05) is 11.8 Å². The predicted molar refractivity (Wildman–Crippen MR) is 129 cm³/mol. The maximum absolute atomic E-state index is 5.00. The third-order valence-corrected chi connectivity index (χ3v) is 7.77. The SMILES string of the molecule is CN1CCN(C2=NC(SC3CC=CCC3)N=C(NC3CC(C4=CC=CC4)NN3)N2)CC1. The van der Waals surface area contributed by atoms with Crippen LogP contribution in [0.3, 0.4) is 0 Å². The van der Waals surface area contributed by atoms with Crippen molar-refractivity contribution in [3.8, 4) is 0 Å². The van der Waals surface area contributed by atoms with Gasteiger partial charge < -0.3 is 15.1 Å². The Bertz CT molecular complexity index is 795. The first-order valence-corrected chi connectivity index (χ1v) is 12.5. The van der Waals surface area contributed by atoms with Crippen LogP contribution < -0.4 is 21.5 Å². The first-order valence-electron chi connectivity index (χ1n) is 11.5. The van der Waals surface area contributed by atoms with Crippen LogP contribution in [0.25, 0.3) is 0 Å². The normalized spacial score (nSPS) is 33.7. The fraction of sp³-hybridized carbons (Fsp3) is 0.636. The molecule has 0 amide bonds. The van der Waals surface area contributed by atoms with Crippen molar-refractivity contribution < 1.29 is 0 Å². The minimum Gasteiger partial charge on any atom is -0.340 e. The number of hydrazine groups is 1. The fourth-order valence-corrected chi connectivity index (χ4v) is 5.74. The molecule has 0 saturated carbocycles. The second kappa shape index (κ2) is 9.77. The van der Waals surface area contributed by atoms with Crippen molar-refractivity contribution in [2.75, 3.05) is 33.2 Å². The van der Waals surface area contributed by atoms with Crippen LogP contribution in [0, 0.1) is 0 Å². The average Bonchev–Trinajstić information content (AvgIpc) is 3.47. The van der Waals surface area contributed by atoms with Gasteiger partial charge in [0, 0.05) is 43.9 Å². The van der Waals surface area contributed by atoms with Gasteiger partial charge in [-0.2, -0.15) is 0 Å². The summed E-state index contributed by atoms with van der Waals surface area (Å²) in [6, 6.07) is 0.363. The van der Waals surface area contributed by atoms with Crippen LogP contribution in [0.2, 0.25) is 0 Å². The smallest absolute Gasteiger partial charge is 0.203 e. The topological polar surface area (TPSA) is 79.3 Å². The molecule has 2 saturated heterocycles. The zero-order chi connectivity index (χ0) is 21.0. The molecule has 4 atom stereocenters. The molecule has 5 aliphatic rings. The third kappa shape index (κ3) is 5.34. The van der Waals surface area contributed by atoms with Crippen molar-refractivity contribution in [3.63, 3.8) is 0 Å². The predicted octanol–water partition coefficient (Wildman–Crippen LogP) is 1.34. The van der Waals surface area contributed by atoms with Crippen LogP contribution >= 0.6 is 11.8 Å². The number of thioether (sulfide) groups is 1. The van der Waals surface area contributed by atoms with E-state index in [-0.39, 0.29) is 11.7 Å². The Morgan fingerprint density at radius 1 is 1.10 bits per heavy atom. The Morgan fingerprint density at radius 3 is 2.77 bits per heavy atom. The molecule has 0 aromatic rings. The monoisotopic (exact) mass is 442 g/mol. The average molecular weight is 443 g/mol. The number of hydrogen-bond donors (Lipinski definition) is 4. The molecule has 3 aliphatic heterocycles. The summed E-state index contributed by atoms with van der Waals surface area (Å²) in [5, 5.41) is 7.67. The molecule has 0 spiro atoms. The van der Waals surface area contributed by atoms with Gasteiger partial charge in [-0.3, -0.25) is 5.32 Å². The van der Waals surface area contributed by atoms with Crippen LogP contribution in [0.5, 0.6) is 0 Å². The van der Waals surface area contributed by atoms with Crippen molar-refractivity contribution in [2.45, 2.75) is 55.1 Å². The molecular weight excluding hydrogens is 408 g/mol. The van der Waals surface area contributed by atoms with Gasteiger partial charge in [-0.05, 0) is 38.3 Å². The fourth-order valence-electron chi connectivity index (χ4n) is 4.57. The van der Waals surface area contributed by atoms with Crippen LogP contribution in [-0.2, 0) is 0 Å². The molecule has 0 radical (unpaired) electrons. The maximum atomic E-state index is 5.00. The molecule has 2 fully saturated rings. The summed E-state index contributed by atoms with van der Waals surface area (Å²) in [7, 11) is 2.18. The number of nitrogens with one attached hydrogen (secondary N) is 4. The molecule has 31 heavy (non-hydrogen) atoms. The van der Waals surface area contributed by atoms with Gasteiger partial charge in [-0.1, -0.05) is 30.4 Å². The number of allylic oxidation sites excluding steroid dienone is 5. The van der Waals surface area contributed by atoms with Gasteiger partial charge in [0.1, 0.15) is 0 Å². The van der Waals surface area contributed by atoms with Crippen molar-refractivity contribution >= 4 is 23.7 Å². The molecule has 5 rings (SSSR count). The molecule has 3 heterocycles. The van der Waals surface area contributed by atoms with Gasteiger partial charge in [-0.15, -0.1) is 11.8 Å². The molecule has 8 nitrogen and oxygen atoms in total. The van der Waals surface area contributed by atoms with Gasteiger partial charge in [0.15, 0.2) is 5.50 Å². The molecule has 0 aromatic heterocycles. The molecule has 4 N–H and O–H groups in total. The minimum absolute atomic E-state index is 0.0956. The largest absolute Gasteiger partial charge is 0.340 e. The molecule has 9 heteroatoms. The lowest BCUT2D eigenvalue weighted by Gasteiger charge is -2.37. The second-order valence-electron chi connectivity index (χ2n) is 8.86. The van der Waals surface area contributed by atoms with Gasteiger partial charge >= 0.3 is 0 Å². The summed E-state index contributed by atoms with van der Waals surface area (Å²) in [5.41, 5.74) is 8.18. The molecule has 168 valence electrons. The zero-order valence-electron chi connectivity index (χ0n) is 18.3. The maximum Gasteiger partial charge on any atom is 0.203 e. The highest BCUT2D eigenvalue weighted by Gasteiger charge is 2.30. The van der Waals surface area contributed by atoms with Crippen LogP contribution in [0.1, 0.15) is 32.1 Å². The van der Waals surface area contributed by atoms with Crippen molar-refractivity contribution in [1.29, 1.82) is 0 Å². The summed E-state index contributed by atoms with van der Waals surface area (Å²) < 4.78 is 0. The highest BCUT2D eigenvalue weighted by molar-refractivity contribution is 8.00. The quantitative estimate of drug-likeness (QED) is 0.490. The summed E-state index contributed by atoms with van der Waals surface area (Å²) in [4.78, 5) is 14.7. The molecule has 0 aromatic carbocycles. The lowest BCUT2D eigenvalue weighted by Crippen LogP contribution is -2.58. The van der Waals surface area contributed by atoms with E-state index < -0.39 is 0 Å². The summed E-state index contributed by atoms with van der Waals surface area (Å²) in [5.74, 6) is 1.78. The van der Waals surface area contributed by atoms with Gasteiger partial charge in [-0.25, -0.2) is 20.8 Å². The third-order valence-electron chi connectivity index (χ3n) is 6.50. The summed E-state index contributed by atoms with van der Waals surface area (Å²) >= 11 is 1.90. The Morgan fingerprint density at radius 2 is 2.00 bits per heavy atom. The second-order valence-corrected chi connectivity index (χ2v) is 10.2. The van der Waals surface area contributed by atoms with Gasteiger partial charge in [0.25, 0.3) is 0 Å². The lowest BCUT2D eigenvalue weighted by molar-refractivity contribution is 0.212. The Hall–Kier alpha value is -1.81.